The average molecular weight is 360 g/mol. The second kappa shape index (κ2) is 7.64. The molecule has 1 aromatic heterocycles. The van der Waals surface area contributed by atoms with E-state index in [0.717, 1.165) is 29.5 Å². The molecule has 1 atom stereocenters. The van der Waals surface area contributed by atoms with E-state index < -0.39 is 10.0 Å². The van der Waals surface area contributed by atoms with Gasteiger partial charge in [0.05, 0.1) is 10.9 Å². The Hall–Kier alpha value is -1.76. The van der Waals surface area contributed by atoms with Gasteiger partial charge in [0.15, 0.2) is 0 Å². The van der Waals surface area contributed by atoms with Crippen LogP contribution in [-0.2, 0) is 14.8 Å². The molecule has 0 bridgehead atoms. The SMILES string of the molecule is Cc1ccc(S(=O)(=O)NC(c2cccnc2)C2CCOCC2)c(C)c1. The fraction of sp³-hybridized carbons (Fsp3) is 0.421. The van der Waals surface area contributed by atoms with E-state index in [2.05, 4.69) is 9.71 Å². The standard InChI is InChI=1S/C19H24N2O3S/c1-14-5-6-18(15(2)12-14)25(22,23)21-19(16-7-10-24-11-8-16)17-4-3-9-20-13-17/h3-6,9,12-13,16,19,21H,7-8,10-11H2,1-2H3. The summed E-state index contributed by atoms with van der Waals surface area (Å²) in [5.74, 6) is 0.193. The largest absolute Gasteiger partial charge is 0.381 e. The first-order valence-corrected chi connectivity index (χ1v) is 10.0. The molecule has 1 fully saturated rings. The van der Waals surface area contributed by atoms with Crippen LogP contribution >= 0.6 is 0 Å². The van der Waals surface area contributed by atoms with Crippen molar-refractivity contribution < 1.29 is 13.2 Å². The molecule has 0 radical (unpaired) electrons. The summed E-state index contributed by atoms with van der Waals surface area (Å²) in [7, 11) is -3.62. The maximum atomic E-state index is 13.0. The van der Waals surface area contributed by atoms with Crippen LogP contribution in [0.15, 0.2) is 47.6 Å². The van der Waals surface area contributed by atoms with Gasteiger partial charge >= 0.3 is 0 Å². The lowest BCUT2D eigenvalue weighted by molar-refractivity contribution is 0.0564. The summed E-state index contributed by atoms with van der Waals surface area (Å²) in [6, 6.07) is 8.86. The van der Waals surface area contributed by atoms with Crippen molar-refractivity contribution in [1.29, 1.82) is 0 Å². The highest BCUT2D eigenvalue weighted by Gasteiger charge is 2.30. The first-order valence-electron chi connectivity index (χ1n) is 8.54. The number of aryl methyl sites for hydroxylation is 2. The molecule has 6 heteroatoms. The summed E-state index contributed by atoms with van der Waals surface area (Å²) in [4.78, 5) is 4.50. The van der Waals surface area contributed by atoms with E-state index in [9.17, 15) is 8.42 Å². The van der Waals surface area contributed by atoms with E-state index in [1.54, 1.807) is 18.5 Å². The Labute approximate surface area is 149 Å². The highest BCUT2D eigenvalue weighted by Crippen LogP contribution is 2.31. The van der Waals surface area contributed by atoms with Crippen LogP contribution in [-0.4, -0.2) is 26.6 Å². The number of rotatable bonds is 5. The topological polar surface area (TPSA) is 68.3 Å². The van der Waals surface area contributed by atoms with Crippen LogP contribution in [0.5, 0.6) is 0 Å². The molecule has 2 heterocycles. The Morgan fingerprint density at radius 3 is 2.60 bits per heavy atom. The maximum Gasteiger partial charge on any atom is 0.241 e. The summed E-state index contributed by atoms with van der Waals surface area (Å²) < 4.78 is 34.4. The Kier molecular flexibility index (Phi) is 5.51. The summed E-state index contributed by atoms with van der Waals surface area (Å²) in [5, 5.41) is 0. The molecule has 1 aliphatic rings. The van der Waals surface area contributed by atoms with Gasteiger partial charge in [-0.15, -0.1) is 0 Å². The van der Waals surface area contributed by atoms with E-state index in [4.69, 9.17) is 4.74 Å². The molecule has 2 aromatic rings. The van der Waals surface area contributed by atoms with Crippen LogP contribution in [0, 0.1) is 19.8 Å². The lowest BCUT2D eigenvalue weighted by atomic mass is 9.88. The minimum atomic E-state index is -3.62. The number of ether oxygens (including phenoxy) is 1. The molecule has 3 rings (SSSR count). The smallest absolute Gasteiger partial charge is 0.241 e. The van der Waals surface area contributed by atoms with Crippen LogP contribution in [0.1, 0.15) is 35.6 Å². The number of sulfonamides is 1. The third-order valence-corrected chi connectivity index (χ3v) is 6.28. The zero-order chi connectivity index (χ0) is 17.9. The number of nitrogens with zero attached hydrogens (tertiary/aromatic N) is 1. The van der Waals surface area contributed by atoms with Gasteiger partial charge in [0, 0.05) is 25.6 Å². The molecular weight excluding hydrogens is 336 g/mol. The highest BCUT2D eigenvalue weighted by molar-refractivity contribution is 7.89. The number of nitrogens with one attached hydrogen (secondary N) is 1. The Bertz CT molecular complexity index is 816. The Morgan fingerprint density at radius 2 is 1.96 bits per heavy atom. The molecule has 0 saturated carbocycles. The highest BCUT2D eigenvalue weighted by atomic mass is 32.2. The number of benzene rings is 1. The number of hydrogen-bond donors (Lipinski definition) is 1. The lowest BCUT2D eigenvalue weighted by Crippen LogP contribution is -2.36. The molecule has 1 unspecified atom stereocenters. The monoisotopic (exact) mass is 360 g/mol. The van der Waals surface area contributed by atoms with Crippen LogP contribution in [0.25, 0.3) is 0 Å². The Morgan fingerprint density at radius 1 is 1.20 bits per heavy atom. The number of hydrogen-bond acceptors (Lipinski definition) is 4. The minimum Gasteiger partial charge on any atom is -0.381 e. The predicted octanol–water partition coefficient (Wildman–Crippen LogP) is 3.14. The minimum absolute atomic E-state index is 0.193. The van der Waals surface area contributed by atoms with Crippen molar-refractivity contribution in [3.63, 3.8) is 0 Å². The molecular formula is C19H24N2O3S. The van der Waals surface area contributed by atoms with Gasteiger partial charge in [-0.25, -0.2) is 13.1 Å². The third-order valence-electron chi connectivity index (χ3n) is 4.68. The van der Waals surface area contributed by atoms with E-state index in [1.807, 2.05) is 38.1 Å². The second-order valence-electron chi connectivity index (χ2n) is 6.60. The van der Waals surface area contributed by atoms with Gasteiger partial charge in [-0.05, 0) is 55.9 Å². The maximum absolute atomic E-state index is 13.0. The lowest BCUT2D eigenvalue weighted by Gasteiger charge is -2.31. The van der Waals surface area contributed by atoms with Crippen molar-refractivity contribution in [3.8, 4) is 0 Å². The van der Waals surface area contributed by atoms with Gasteiger partial charge in [0.1, 0.15) is 0 Å². The van der Waals surface area contributed by atoms with Gasteiger partial charge in [-0.1, -0.05) is 23.8 Å². The van der Waals surface area contributed by atoms with Crippen molar-refractivity contribution in [2.75, 3.05) is 13.2 Å². The fourth-order valence-corrected chi connectivity index (χ4v) is 4.90. The molecule has 134 valence electrons. The van der Waals surface area contributed by atoms with Crippen LogP contribution < -0.4 is 4.72 Å². The molecule has 1 saturated heterocycles. The van der Waals surface area contributed by atoms with E-state index in [-0.39, 0.29) is 12.0 Å². The molecule has 0 aliphatic carbocycles. The summed E-state index contributed by atoms with van der Waals surface area (Å²) in [6.45, 7) is 5.10. The van der Waals surface area contributed by atoms with Gasteiger partial charge in [-0.3, -0.25) is 4.98 Å². The Balaban J connectivity index is 1.93. The summed E-state index contributed by atoms with van der Waals surface area (Å²) in [5.41, 5.74) is 2.69. The van der Waals surface area contributed by atoms with Gasteiger partial charge in [-0.2, -0.15) is 0 Å². The van der Waals surface area contributed by atoms with Crippen LogP contribution in [0.4, 0.5) is 0 Å². The summed E-state index contributed by atoms with van der Waals surface area (Å²) >= 11 is 0. The van der Waals surface area contributed by atoms with E-state index >= 15 is 0 Å². The van der Waals surface area contributed by atoms with Crippen molar-refractivity contribution in [3.05, 3.63) is 59.4 Å². The fourth-order valence-electron chi connectivity index (χ4n) is 3.38. The number of aromatic nitrogens is 1. The second-order valence-corrected chi connectivity index (χ2v) is 8.29. The van der Waals surface area contributed by atoms with Crippen molar-refractivity contribution in [1.82, 2.24) is 9.71 Å². The van der Waals surface area contributed by atoms with E-state index in [0.29, 0.717) is 18.1 Å². The van der Waals surface area contributed by atoms with Crippen molar-refractivity contribution in [2.45, 2.75) is 37.6 Å². The van der Waals surface area contributed by atoms with Gasteiger partial charge in [0.25, 0.3) is 0 Å². The van der Waals surface area contributed by atoms with Gasteiger partial charge < -0.3 is 4.74 Å². The van der Waals surface area contributed by atoms with Gasteiger partial charge in [0.2, 0.25) is 10.0 Å². The predicted molar refractivity (Wildman–Crippen MR) is 96.8 cm³/mol. The van der Waals surface area contributed by atoms with Crippen LogP contribution in [0.3, 0.4) is 0 Å². The zero-order valence-corrected chi connectivity index (χ0v) is 15.4. The first kappa shape index (κ1) is 18.0. The number of pyridine rings is 1. The van der Waals surface area contributed by atoms with Crippen molar-refractivity contribution >= 4 is 10.0 Å². The summed E-state index contributed by atoms with van der Waals surface area (Å²) in [6.07, 6.45) is 5.09. The molecule has 1 aliphatic heterocycles. The van der Waals surface area contributed by atoms with Crippen molar-refractivity contribution in [2.24, 2.45) is 5.92 Å². The normalized spacial score (nSPS) is 17.4. The molecule has 5 nitrogen and oxygen atoms in total. The van der Waals surface area contributed by atoms with Crippen LogP contribution in [0.2, 0.25) is 0 Å². The van der Waals surface area contributed by atoms with E-state index in [1.165, 1.54) is 0 Å². The quantitative estimate of drug-likeness (QED) is 0.889. The molecule has 1 N–H and O–H groups in total. The molecule has 25 heavy (non-hydrogen) atoms. The average Bonchev–Trinajstić information content (AvgIpc) is 2.61. The third kappa shape index (κ3) is 4.26. The molecule has 1 aromatic carbocycles. The molecule has 0 amide bonds. The zero-order valence-electron chi connectivity index (χ0n) is 14.6. The molecule has 0 spiro atoms. The first-order chi connectivity index (χ1) is 12.0.